The van der Waals surface area contributed by atoms with Crippen molar-refractivity contribution in [2.24, 2.45) is 5.92 Å². The summed E-state index contributed by atoms with van der Waals surface area (Å²) in [5, 5.41) is 6.07. The highest BCUT2D eigenvalue weighted by Crippen LogP contribution is 2.29. The molecule has 1 aliphatic rings. The zero-order valence-electron chi connectivity index (χ0n) is 17.4. The van der Waals surface area contributed by atoms with Gasteiger partial charge >= 0.3 is 0 Å². The summed E-state index contributed by atoms with van der Waals surface area (Å²) >= 11 is 0. The molecule has 1 aliphatic carbocycles. The maximum absolute atomic E-state index is 13.0. The highest BCUT2D eigenvalue weighted by atomic mass is 16.5. The Kier molecular flexibility index (Phi) is 6.91. The van der Waals surface area contributed by atoms with Crippen molar-refractivity contribution in [3.63, 3.8) is 0 Å². The highest BCUT2D eigenvalue weighted by Gasteiger charge is 2.28. The molecule has 0 fully saturated rings. The van der Waals surface area contributed by atoms with Crippen LogP contribution >= 0.6 is 0 Å². The molecule has 2 aromatic carbocycles. The number of benzene rings is 2. The zero-order chi connectivity index (χ0) is 20.8. The van der Waals surface area contributed by atoms with Gasteiger partial charge in [-0.15, -0.1) is 0 Å². The Bertz CT molecular complexity index is 845. The Morgan fingerprint density at radius 2 is 1.83 bits per heavy atom. The molecule has 29 heavy (non-hydrogen) atoms. The summed E-state index contributed by atoms with van der Waals surface area (Å²) in [5.74, 6) is 0.297. The molecule has 0 aliphatic heterocycles. The Morgan fingerprint density at radius 1 is 1.10 bits per heavy atom. The van der Waals surface area contributed by atoms with Gasteiger partial charge < -0.3 is 15.4 Å². The lowest BCUT2D eigenvalue weighted by molar-refractivity contribution is -0.124. The van der Waals surface area contributed by atoms with Gasteiger partial charge in [-0.2, -0.15) is 0 Å². The molecular formula is C24H30N2O3. The van der Waals surface area contributed by atoms with Crippen LogP contribution < -0.4 is 15.4 Å². The molecule has 3 rings (SSSR count). The van der Waals surface area contributed by atoms with Crippen LogP contribution in [0.25, 0.3) is 0 Å². The van der Waals surface area contributed by atoms with E-state index in [-0.39, 0.29) is 23.8 Å². The third-order valence-corrected chi connectivity index (χ3v) is 5.35. The molecule has 154 valence electrons. The number of amides is 2. The highest BCUT2D eigenvalue weighted by molar-refractivity contribution is 5.97. The van der Waals surface area contributed by atoms with E-state index in [4.69, 9.17) is 4.74 Å². The van der Waals surface area contributed by atoms with Crippen molar-refractivity contribution in [2.75, 3.05) is 6.61 Å². The summed E-state index contributed by atoms with van der Waals surface area (Å²) in [5.41, 5.74) is 2.99. The maximum atomic E-state index is 13.0. The summed E-state index contributed by atoms with van der Waals surface area (Å²) in [7, 11) is 0. The first-order valence-corrected chi connectivity index (χ1v) is 10.4. The van der Waals surface area contributed by atoms with E-state index in [2.05, 4.69) is 22.8 Å². The molecule has 0 bridgehead atoms. The predicted molar refractivity (Wildman–Crippen MR) is 114 cm³/mol. The van der Waals surface area contributed by atoms with E-state index in [9.17, 15) is 9.59 Å². The van der Waals surface area contributed by atoms with Gasteiger partial charge in [0.25, 0.3) is 5.91 Å². The molecule has 0 radical (unpaired) electrons. The fourth-order valence-electron chi connectivity index (χ4n) is 3.79. The number of nitrogens with one attached hydrogen (secondary N) is 2. The smallest absolute Gasteiger partial charge is 0.251 e. The largest absolute Gasteiger partial charge is 0.494 e. The van der Waals surface area contributed by atoms with Crippen molar-refractivity contribution in [2.45, 2.75) is 52.1 Å². The number of carbonyl (C=O) groups is 2. The van der Waals surface area contributed by atoms with Crippen LogP contribution in [-0.4, -0.2) is 24.5 Å². The minimum atomic E-state index is -0.594. The van der Waals surface area contributed by atoms with Crippen LogP contribution in [0.5, 0.6) is 5.75 Å². The minimum Gasteiger partial charge on any atom is -0.494 e. The fourth-order valence-corrected chi connectivity index (χ4v) is 3.79. The van der Waals surface area contributed by atoms with E-state index in [1.54, 1.807) is 24.3 Å². The SMILES string of the molecule is CCOc1ccc(C(=O)N[C@@H](C(=O)NC2CCCc3ccccc32)C(C)C)cc1. The van der Waals surface area contributed by atoms with Crippen LogP contribution in [0.2, 0.25) is 0 Å². The molecule has 2 amide bonds. The first-order chi connectivity index (χ1) is 14.0. The van der Waals surface area contributed by atoms with E-state index < -0.39 is 6.04 Å². The Morgan fingerprint density at radius 3 is 2.52 bits per heavy atom. The van der Waals surface area contributed by atoms with Gasteiger partial charge in [-0.25, -0.2) is 0 Å². The number of hydrogen-bond acceptors (Lipinski definition) is 3. The molecule has 0 saturated heterocycles. The van der Waals surface area contributed by atoms with Crippen molar-refractivity contribution in [1.29, 1.82) is 0 Å². The lowest BCUT2D eigenvalue weighted by Gasteiger charge is -2.29. The van der Waals surface area contributed by atoms with E-state index in [0.717, 1.165) is 25.0 Å². The number of aryl methyl sites for hydroxylation is 1. The van der Waals surface area contributed by atoms with Gasteiger partial charge in [0, 0.05) is 5.56 Å². The Hall–Kier alpha value is -2.82. The van der Waals surface area contributed by atoms with Gasteiger partial charge in [0.2, 0.25) is 5.91 Å². The van der Waals surface area contributed by atoms with Crippen molar-refractivity contribution in [3.05, 3.63) is 65.2 Å². The van der Waals surface area contributed by atoms with Gasteiger partial charge in [0.1, 0.15) is 11.8 Å². The summed E-state index contributed by atoms with van der Waals surface area (Å²) in [6, 6.07) is 14.6. The average Bonchev–Trinajstić information content (AvgIpc) is 2.72. The third-order valence-electron chi connectivity index (χ3n) is 5.35. The summed E-state index contributed by atoms with van der Waals surface area (Å²) in [6.07, 6.45) is 3.01. The topological polar surface area (TPSA) is 67.4 Å². The standard InChI is InChI=1S/C24H30N2O3/c1-4-29-19-14-12-18(13-15-19)23(27)26-22(16(2)3)24(28)25-21-11-7-9-17-8-5-6-10-20(17)21/h5-6,8,10,12-16,21-22H,4,7,9,11H2,1-3H3,(H,25,28)(H,26,27)/t21?,22-/m1/s1. The minimum absolute atomic E-state index is 0.00363. The zero-order valence-corrected chi connectivity index (χ0v) is 17.4. The predicted octanol–water partition coefficient (Wildman–Crippen LogP) is 4.03. The quantitative estimate of drug-likeness (QED) is 0.745. The van der Waals surface area contributed by atoms with Crippen molar-refractivity contribution >= 4 is 11.8 Å². The van der Waals surface area contributed by atoms with Crippen LogP contribution in [0.4, 0.5) is 0 Å². The summed E-state index contributed by atoms with van der Waals surface area (Å²) in [4.78, 5) is 25.7. The molecule has 1 unspecified atom stereocenters. The summed E-state index contributed by atoms with van der Waals surface area (Å²) in [6.45, 7) is 6.37. The van der Waals surface area contributed by atoms with E-state index >= 15 is 0 Å². The van der Waals surface area contributed by atoms with Gasteiger partial charge in [-0.1, -0.05) is 38.1 Å². The van der Waals surface area contributed by atoms with Crippen molar-refractivity contribution in [1.82, 2.24) is 10.6 Å². The lowest BCUT2D eigenvalue weighted by atomic mass is 9.87. The molecule has 0 heterocycles. The van der Waals surface area contributed by atoms with Crippen LogP contribution in [0.1, 0.15) is 61.1 Å². The van der Waals surface area contributed by atoms with Gasteiger partial charge in [0.05, 0.1) is 12.6 Å². The van der Waals surface area contributed by atoms with E-state index in [1.165, 1.54) is 11.1 Å². The third kappa shape index (κ3) is 5.17. The van der Waals surface area contributed by atoms with Crippen LogP contribution in [0, 0.1) is 5.92 Å². The maximum Gasteiger partial charge on any atom is 0.251 e. The molecule has 2 N–H and O–H groups in total. The molecule has 2 aromatic rings. The van der Waals surface area contributed by atoms with Gasteiger partial charge in [-0.05, 0) is 67.5 Å². The normalized spacial score (nSPS) is 16.6. The monoisotopic (exact) mass is 394 g/mol. The molecule has 2 atom stereocenters. The molecule has 0 spiro atoms. The number of hydrogen-bond donors (Lipinski definition) is 2. The van der Waals surface area contributed by atoms with Gasteiger partial charge in [-0.3, -0.25) is 9.59 Å². The summed E-state index contributed by atoms with van der Waals surface area (Å²) < 4.78 is 5.42. The Balaban J connectivity index is 1.68. The second kappa shape index (κ2) is 9.59. The van der Waals surface area contributed by atoms with Crippen LogP contribution in [0.15, 0.2) is 48.5 Å². The van der Waals surface area contributed by atoms with Crippen LogP contribution in [-0.2, 0) is 11.2 Å². The molecule has 5 heteroatoms. The first-order valence-electron chi connectivity index (χ1n) is 10.4. The van der Waals surface area contributed by atoms with Gasteiger partial charge in [0.15, 0.2) is 0 Å². The number of ether oxygens (including phenoxy) is 1. The van der Waals surface area contributed by atoms with Crippen LogP contribution in [0.3, 0.4) is 0 Å². The van der Waals surface area contributed by atoms with E-state index in [0.29, 0.717) is 12.2 Å². The molecule has 0 aromatic heterocycles. The van der Waals surface area contributed by atoms with Crippen molar-refractivity contribution < 1.29 is 14.3 Å². The Labute approximate surface area is 172 Å². The molecular weight excluding hydrogens is 364 g/mol. The first kappa shape index (κ1) is 20.9. The molecule has 0 saturated carbocycles. The fraction of sp³-hybridized carbons (Fsp3) is 0.417. The molecule has 5 nitrogen and oxygen atoms in total. The number of carbonyl (C=O) groups excluding carboxylic acids is 2. The number of fused-ring (bicyclic) bond motifs is 1. The van der Waals surface area contributed by atoms with E-state index in [1.807, 2.05) is 32.9 Å². The second-order valence-corrected chi connectivity index (χ2v) is 7.80. The lowest BCUT2D eigenvalue weighted by Crippen LogP contribution is -2.50. The van der Waals surface area contributed by atoms with Crippen molar-refractivity contribution in [3.8, 4) is 5.75 Å². The number of rotatable bonds is 7. The average molecular weight is 395 g/mol. The second-order valence-electron chi connectivity index (χ2n) is 7.80.